The predicted molar refractivity (Wildman–Crippen MR) is 132 cm³/mol. The first kappa shape index (κ1) is 28.9. The number of fused-ring (bicyclic) bond motifs is 1. The second-order valence-corrected chi connectivity index (χ2v) is 6.45. The Bertz CT molecular complexity index is 893. The summed E-state index contributed by atoms with van der Waals surface area (Å²) >= 11 is 0. The number of ketones is 1. The number of amides is 1. The Labute approximate surface area is 192 Å². The van der Waals surface area contributed by atoms with Gasteiger partial charge in [-0.25, -0.2) is 4.98 Å². The molecule has 0 radical (unpaired) electrons. The number of nitrogens with two attached hydrogens (primary N) is 1. The minimum atomic E-state index is 0.250. The average molecular weight is 442 g/mol. The van der Waals surface area contributed by atoms with Crippen molar-refractivity contribution in [2.24, 2.45) is 5.73 Å². The van der Waals surface area contributed by atoms with Crippen molar-refractivity contribution in [2.45, 2.75) is 79.6 Å². The van der Waals surface area contributed by atoms with Gasteiger partial charge in [0.25, 0.3) is 0 Å². The van der Waals surface area contributed by atoms with E-state index >= 15 is 0 Å². The quantitative estimate of drug-likeness (QED) is 0.329. The van der Waals surface area contributed by atoms with Crippen LogP contribution in [0.1, 0.15) is 79.0 Å². The third kappa shape index (κ3) is 10.8. The first-order valence-electron chi connectivity index (χ1n) is 11.6. The van der Waals surface area contributed by atoms with E-state index in [4.69, 9.17) is 4.79 Å². The number of H-pyrrole nitrogens is 1. The lowest BCUT2D eigenvalue weighted by Gasteiger charge is -2.01. The Morgan fingerprint density at radius 2 is 1.69 bits per heavy atom. The summed E-state index contributed by atoms with van der Waals surface area (Å²) in [5, 5.41) is 0. The van der Waals surface area contributed by atoms with E-state index in [1.165, 1.54) is 0 Å². The zero-order valence-electron chi connectivity index (χ0n) is 20.2. The number of aryl methyl sites for hydroxylation is 1. The maximum Gasteiger partial charge on any atom is 0.204 e. The largest absolute Gasteiger partial charge is 0.372 e. The van der Waals surface area contributed by atoms with Crippen LogP contribution in [0.15, 0.2) is 36.8 Å². The van der Waals surface area contributed by atoms with Crippen molar-refractivity contribution < 1.29 is 9.59 Å². The first-order valence-corrected chi connectivity index (χ1v) is 11.6. The highest BCUT2D eigenvalue weighted by atomic mass is 16.1. The number of unbranched alkanes of at least 4 members (excludes halogenated alkanes) is 3. The number of rotatable bonds is 9. The molecule has 0 aliphatic rings. The summed E-state index contributed by atoms with van der Waals surface area (Å²) in [5.74, 6) is 1.37. The molecular weight excluding hydrogens is 402 g/mol. The van der Waals surface area contributed by atoms with Gasteiger partial charge in [-0.05, 0) is 31.0 Å². The minimum absolute atomic E-state index is 0.250. The molecule has 0 aliphatic carbocycles. The van der Waals surface area contributed by atoms with Crippen LogP contribution >= 0.6 is 0 Å². The highest BCUT2D eigenvalue weighted by Crippen LogP contribution is 2.20. The number of aromatic nitrogens is 4. The number of carbonyl (C=O) groups is 2. The third-order valence-electron chi connectivity index (χ3n) is 4.40. The van der Waals surface area contributed by atoms with Crippen molar-refractivity contribution in [2.75, 3.05) is 0 Å². The Kier molecular flexibility index (Phi) is 16.9. The Morgan fingerprint density at radius 3 is 2.38 bits per heavy atom. The van der Waals surface area contributed by atoms with E-state index in [-0.39, 0.29) is 6.41 Å². The number of primary amides is 1. The molecule has 1 amide bonds. The van der Waals surface area contributed by atoms with Gasteiger partial charge in [0.15, 0.2) is 0 Å². The molecule has 7 heteroatoms. The molecule has 0 unspecified atom stereocenters. The van der Waals surface area contributed by atoms with Crippen molar-refractivity contribution in [1.29, 1.82) is 0 Å². The lowest BCUT2D eigenvalue weighted by molar-refractivity contribution is -0.118. The van der Waals surface area contributed by atoms with Crippen LogP contribution in [0.4, 0.5) is 0 Å². The topological polar surface area (TPSA) is 115 Å². The molecule has 0 bridgehead atoms. The molecule has 176 valence electrons. The third-order valence-corrected chi connectivity index (χ3v) is 4.40. The van der Waals surface area contributed by atoms with Crippen LogP contribution in [0.3, 0.4) is 0 Å². The van der Waals surface area contributed by atoms with Crippen molar-refractivity contribution in [3.05, 3.63) is 42.6 Å². The number of hydrogen-bond acceptors (Lipinski definition) is 5. The number of aromatic amines is 1. The summed E-state index contributed by atoms with van der Waals surface area (Å²) < 4.78 is 0. The highest BCUT2D eigenvalue weighted by Gasteiger charge is 2.06. The average Bonchev–Trinajstić information content (AvgIpc) is 3.33. The minimum Gasteiger partial charge on any atom is -0.372 e. The fourth-order valence-electron chi connectivity index (χ4n) is 2.88. The Balaban J connectivity index is 0.00000124. The van der Waals surface area contributed by atoms with Gasteiger partial charge in [-0.3, -0.25) is 19.6 Å². The van der Waals surface area contributed by atoms with Crippen molar-refractivity contribution >= 4 is 23.2 Å². The van der Waals surface area contributed by atoms with Crippen LogP contribution in [0.2, 0.25) is 0 Å². The molecule has 0 aliphatic heterocycles. The van der Waals surface area contributed by atoms with Crippen LogP contribution in [-0.2, 0) is 16.0 Å². The molecule has 3 aromatic heterocycles. The number of nitrogens with one attached hydrogen (secondary N) is 1. The van der Waals surface area contributed by atoms with Gasteiger partial charge in [-0.1, -0.05) is 47.5 Å². The van der Waals surface area contributed by atoms with E-state index in [0.717, 1.165) is 66.6 Å². The maximum atomic E-state index is 11.3. The zero-order valence-corrected chi connectivity index (χ0v) is 20.2. The predicted octanol–water partition coefficient (Wildman–Crippen LogP) is 5.65. The number of Topliss-reactive ketones (excluding diaryl/α,β-unsaturated/α-hetero) is 1. The van der Waals surface area contributed by atoms with Gasteiger partial charge in [0.2, 0.25) is 6.41 Å². The van der Waals surface area contributed by atoms with E-state index in [1.807, 2.05) is 65.2 Å². The van der Waals surface area contributed by atoms with Crippen LogP contribution in [0, 0.1) is 0 Å². The van der Waals surface area contributed by atoms with Crippen LogP contribution in [0.25, 0.3) is 22.3 Å². The summed E-state index contributed by atoms with van der Waals surface area (Å²) in [6.07, 6.45) is 12.4. The standard InChI is InChI=1S/C20H24N4O.2C2H6.CH3NO/c1-2-16(25)8-5-3-4-6-10-20-23-14-19(24-20)15-12-18-17(22-13-15)9-7-11-21-18;2*1-2;2-1-3/h7,9,11-14H,2-6,8,10H2,1H3,(H,23,24);2*1-2H3;1H,(H2,2,3). The fourth-order valence-corrected chi connectivity index (χ4v) is 2.88. The van der Waals surface area contributed by atoms with E-state index in [1.54, 1.807) is 6.20 Å². The molecule has 0 atom stereocenters. The Hall–Kier alpha value is -3.09. The summed E-state index contributed by atoms with van der Waals surface area (Å²) in [6, 6.07) is 5.88. The van der Waals surface area contributed by atoms with E-state index in [9.17, 15) is 4.79 Å². The molecule has 3 aromatic rings. The monoisotopic (exact) mass is 441 g/mol. The fraction of sp³-hybridized carbons (Fsp3) is 0.480. The summed E-state index contributed by atoms with van der Waals surface area (Å²) in [7, 11) is 0. The number of imidazole rings is 1. The number of carbonyl (C=O) groups excluding carboxylic acids is 2. The SMILES string of the molecule is CC.CC.CCC(=O)CCCCCCc1ncc(-c2cnc3cccnc3c2)[nH]1.NC=O. The molecule has 0 fully saturated rings. The first-order chi connectivity index (χ1) is 15.7. The van der Waals surface area contributed by atoms with Gasteiger partial charge in [0.1, 0.15) is 11.6 Å². The lowest BCUT2D eigenvalue weighted by atomic mass is 10.1. The molecule has 3 N–H and O–H groups in total. The van der Waals surface area contributed by atoms with E-state index < -0.39 is 0 Å². The van der Waals surface area contributed by atoms with E-state index in [2.05, 4.69) is 25.7 Å². The summed E-state index contributed by atoms with van der Waals surface area (Å²) in [4.78, 5) is 36.5. The summed E-state index contributed by atoms with van der Waals surface area (Å²) in [5.41, 5.74) is 7.93. The molecular formula is C25H39N5O2. The molecule has 3 heterocycles. The van der Waals surface area contributed by atoms with Gasteiger partial charge in [0, 0.05) is 37.2 Å². The van der Waals surface area contributed by atoms with Crippen LogP contribution in [0.5, 0.6) is 0 Å². The molecule has 32 heavy (non-hydrogen) atoms. The van der Waals surface area contributed by atoms with Crippen molar-refractivity contribution in [3.63, 3.8) is 0 Å². The molecule has 7 nitrogen and oxygen atoms in total. The number of nitrogens with zero attached hydrogens (tertiary/aromatic N) is 3. The maximum absolute atomic E-state index is 11.3. The van der Waals surface area contributed by atoms with Gasteiger partial charge in [-0.2, -0.15) is 0 Å². The van der Waals surface area contributed by atoms with Gasteiger partial charge in [0.05, 0.1) is 22.9 Å². The molecule has 0 saturated carbocycles. The Morgan fingerprint density at radius 1 is 1.00 bits per heavy atom. The van der Waals surface area contributed by atoms with Gasteiger partial charge >= 0.3 is 0 Å². The summed E-state index contributed by atoms with van der Waals surface area (Å²) in [6.45, 7) is 9.93. The van der Waals surface area contributed by atoms with Gasteiger partial charge in [-0.15, -0.1) is 0 Å². The normalized spacial score (nSPS) is 9.41. The van der Waals surface area contributed by atoms with Gasteiger partial charge < -0.3 is 10.7 Å². The number of hydrogen-bond donors (Lipinski definition) is 2. The molecule has 0 saturated heterocycles. The second kappa shape index (κ2) is 18.7. The smallest absolute Gasteiger partial charge is 0.204 e. The van der Waals surface area contributed by atoms with Crippen molar-refractivity contribution in [1.82, 2.24) is 19.9 Å². The van der Waals surface area contributed by atoms with Crippen molar-refractivity contribution in [3.8, 4) is 11.3 Å². The zero-order chi connectivity index (χ0) is 24.2. The van der Waals surface area contributed by atoms with E-state index in [0.29, 0.717) is 12.2 Å². The van der Waals surface area contributed by atoms with Crippen LogP contribution < -0.4 is 5.73 Å². The lowest BCUT2D eigenvalue weighted by Crippen LogP contribution is -1.94. The molecule has 0 spiro atoms. The molecule has 3 rings (SSSR count). The highest BCUT2D eigenvalue weighted by molar-refractivity contribution is 5.79. The van der Waals surface area contributed by atoms with Crippen LogP contribution in [-0.4, -0.2) is 32.1 Å². The molecule has 0 aromatic carbocycles. The number of pyridine rings is 2. The second-order valence-electron chi connectivity index (χ2n) is 6.45.